The number of aromatic nitrogens is 2. The van der Waals surface area contributed by atoms with Crippen LogP contribution in [0.2, 0.25) is 0 Å². The van der Waals surface area contributed by atoms with Crippen LogP contribution < -0.4 is 0 Å². The van der Waals surface area contributed by atoms with Crippen molar-refractivity contribution in [2.75, 3.05) is 12.3 Å². The lowest BCUT2D eigenvalue weighted by Crippen LogP contribution is -2.31. The zero-order valence-corrected chi connectivity index (χ0v) is 15.4. The minimum absolute atomic E-state index is 0.177. The lowest BCUT2D eigenvalue weighted by molar-refractivity contribution is -0.126. The van der Waals surface area contributed by atoms with E-state index in [-0.39, 0.29) is 5.91 Å². The van der Waals surface area contributed by atoms with Gasteiger partial charge in [-0.3, -0.25) is 4.79 Å². The van der Waals surface area contributed by atoms with Crippen molar-refractivity contribution in [2.45, 2.75) is 50.0 Å². The van der Waals surface area contributed by atoms with Gasteiger partial charge in [-0.15, -0.1) is 0 Å². The highest BCUT2D eigenvalue weighted by atomic mass is 32.2. The molecule has 2 aliphatic carbocycles. The summed E-state index contributed by atoms with van der Waals surface area (Å²) in [6.45, 7) is 2.79. The fourth-order valence-corrected chi connectivity index (χ4v) is 4.25. The zero-order valence-electron chi connectivity index (χ0n) is 14.6. The number of carbonyl (C=O) groups is 1. The number of fused-ring (bicyclic) bond motifs is 1. The van der Waals surface area contributed by atoms with E-state index in [1.165, 1.54) is 18.5 Å². The average molecular weight is 353 g/mol. The highest BCUT2D eigenvalue weighted by Gasteiger charge is 2.28. The topological polar surface area (TPSA) is 46.1 Å². The number of rotatable bonds is 6. The number of para-hydroxylation sites is 1. The first-order valence-electron chi connectivity index (χ1n) is 9.15. The summed E-state index contributed by atoms with van der Waals surface area (Å²) in [5, 5.41) is 1.99. The Morgan fingerprint density at radius 3 is 2.84 bits per heavy atom. The van der Waals surface area contributed by atoms with E-state index < -0.39 is 0 Å². The molecular formula is C20H23N3OS. The van der Waals surface area contributed by atoms with E-state index in [2.05, 4.69) is 12.1 Å². The molecule has 5 heteroatoms. The number of amides is 1. The number of thioether (sulfide) groups is 1. The van der Waals surface area contributed by atoms with Crippen molar-refractivity contribution < 1.29 is 4.79 Å². The van der Waals surface area contributed by atoms with Crippen molar-refractivity contribution in [3.8, 4) is 0 Å². The van der Waals surface area contributed by atoms with Gasteiger partial charge in [0.15, 0.2) is 0 Å². The molecule has 4 rings (SSSR count). The van der Waals surface area contributed by atoms with Crippen LogP contribution in [0.15, 0.2) is 41.1 Å². The summed E-state index contributed by atoms with van der Waals surface area (Å²) in [6.07, 6.45) is 7.84. The van der Waals surface area contributed by atoms with Gasteiger partial charge in [-0.05, 0) is 45.1 Å². The van der Waals surface area contributed by atoms with Gasteiger partial charge in [-0.1, -0.05) is 36.0 Å². The number of hydrogen-bond acceptors (Lipinski definition) is 4. The Bertz CT molecular complexity index is 829. The van der Waals surface area contributed by atoms with Gasteiger partial charge in [0.05, 0.1) is 11.3 Å². The molecule has 1 heterocycles. The highest BCUT2D eigenvalue weighted by molar-refractivity contribution is 8.00. The smallest absolute Gasteiger partial charge is 0.237 e. The molecule has 0 bridgehead atoms. The molecule has 0 atom stereocenters. The van der Waals surface area contributed by atoms with E-state index in [1.807, 2.05) is 30.0 Å². The fourth-order valence-electron chi connectivity index (χ4n) is 3.35. The normalized spacial score (nSPS) is 16.9. The third-order valence-corrected chi connectivity index (χ3v) is 5.82. The lowest BCUT2D eigenvalue weighted by atomic mass is 10.2. The van der Waals surface area contributed by atoms with Crippen LogP contribution in [0, 0.1) is 0 Å². The van der Waals surface area contributed by atoms with Gasteiger partial charge in [0, 0.05) is 23.5 Å². The molecule has 0 radical (unpaired) electrons. The number of hydrogen-bond donors (Lipinski definition) is 0. The third-order valence-electron chi connectivity index (χ3n) is 4.84. The van der Waals surface area contributed by atoms with Crippen molar-refractivity contribution in [1.29, 1.82) is 0 Å². The second-order valence-electron chi connectivity index (χ2n) is 6.69. The van der Waals surface area contributed by atoms with Gasteiger partial charge >= 0.3 is 0 Å². The maximum atomic E-state index is 12.7. The molecule has 4 nitrogen and oxygen atoms in total. The van der Waals surface area contributed by atoms with Crippen molar-refractivity contribution >= 4 is 28.6 Å². The highest BCUT2D eigenvalue weighted by Crippen LogP contribution is 2.39. The Hall–Kier alpha value is -1.88. The first-order valence-corrected chi connectivity index (χ1v) is 10.1. The van der Waals surface area contributed by atoms with Gasteiger partial charge in [0.25, 0.3) is 0 Å². The maximum absolute atomic E-state index is 12.7. The van der Waals surface area contributed by atoms with Crippen LogP contribution in [0.25, 0.3) is 10.9 Å². The van der Waals surface area contributed by atoms with Crippen LogP contribution in [-0.4, -0.2) is 33.1 Å². The molecule has 1 fully saturated rings. The van der Waals surface area contributed by atoms with E-state index >= 15 is 0 Å². The molecule has 130 valence electrons. The summed E-state index contributed by atoms with van der Waals surface area (Å²) < 4.78 is 0. The Balaban J connectivity index is 1.54. The molecule has 0 N–H and O–H groups in total. The molecule has 1 aromatic heterocycles. The summed E-state index contributed by atoms with van der Waals surface area (Å²) in [5.41, 5.74) is 2.18. The van der Waals surface area contributed by atoms with E-state index in [9.17, 15) is 4.79 Å². The van der Waals surface area contributed by atoms with Crippen LogP contribution in [0.3, 0.4) is 0 Å². The molecule has 2 aliphatic rings. The number of allylic oxidation sites excluding steroid dienone is 2. The Morgan fingerprint density at radius 1 is 1.28 bits per heavy atom. The predicted molar refractivity (Wildman–Crippen MR) is 102 cm³/mol. The summed E-state index contributed by atoms with van der Waals surface area (Å²) in [4.78, 5) is 24.2. The number of benzene rings is 1. The average Bonchev–Trinajstić information content (AvgIpc) is 3.36. The molecule has 25 heavy (non-hydrogen) atoms. The molecule has 0 aliphatic heterocycles. The van der Waals surface area contributed by atoms with Gasteiger partial charge in [0.1, 0.15) is 10.9 Å². The zero-order chi connectivity index (χ0) is 17.2. The van der Waals surface area contributed by atoms with Crippen molar-refractivity contribution in [3.05, 3.63) is 41.9 Å². The Labute approximate surface area is 152 Å². The standard InChI is InChI=1S/C20H23N3OS/c1-2-23(15-7-3-4-8-15)18(24)13-25-20-16-9-5-6-10-17(16)21-19(22-20)14-11-12-14/h5-7,9-10,14H,2-4,8,11-13H2,1H3. The van der Waals surface area contributed by atoms with Crippen LogP contribution >= 0.6 is 11.8 Å². The van der Waals surface area contributed by atoms with Crippen LogP contribution in [0.4, 0.5) is 0 Å². The van der Waals surface area contributed by atoms with E-state index in [0.717, 1.165) is 47.6 Å². The van der Waals surface area contributed by atoms with Crippen molar-refractivity contribution in [2.24, 2.45) is 0 Å². The van der Waals surface area contributed by atoms with Crippen molar-refractivity contribution in [1.82, 2.24) is 14.9 Å². The van der Waals surface area contributed by atoms with E-state index in [1.54, 1.807) is 11.8 Å². The van der Waals surface area contributed by atoms with Gasteiger partial charge in [-0.2, -0.15) is 0 Å². The van der Waals surface area contributed by atoms with Gasteiger partial charge < -0.3 is 4.90 Å². The molecular weight excluding hydrogens is 330 g/mol. The molecule has 0 unspecified atom stereocenters. The number of carbonyl (C=O) groups excluding carboxylic acids is 1. The molecule has 1 saturated carbocycles. The fraction of sp³-hybridized carbons (Fsp3) is 0.450. The molecule has 2 aromatic rings. The molecule has 0 spiro atoms. The third kappa shape index (κ3) is 3.56. The van der Waals surface area contributed by atoms with Gasteiger partial charge in [-0.25, -0.2) is 9.97 Å². The van der Waals surface area contributed by atoms with Gasteiger partial charge in [0.2, 0.25) is 5.91 Å². The largest absolute Gasteiger partial charge is 0.316 e. The van der Waals surface area contributed by atoms with Crippen LogP contribution in [-0.2, 0) is 4.79 Å². The SMILES string of the molecule is CCN(C(=O)CSc1nc(C2CC2)nc2ccccc12)C1=CCCC1. The first kappa shape index (κ1) is 16.6. The van der Waals surface area contributed by atoms with E-state index in [0.29, 0.717) is 11.7 Å². The molecule has 1 aromatic carbocycles. The molecule has 1 amide bonds. The maximum Gasteiger partial charge on any atom is 0.237 e. The Morgan fingerprint density at radius 2 is 2.12 bits per heavy atom. The lowest BCUT2D eigenvalue weighted by Gasteiger charge is -2.22. The minimum atomic E-state index is 0.177. The Kier molecular flexibility index (Phi) is 4.75. The summed E-state index contributed by atoms with van der Waals surface area (Å²) in [7, 11) is 0. The second-order valence-corrected chi connectivity index (χ2v) is 7.66. The summed E-state index contributed by atoms with van der Waals surface area (Å²) in [5.74, 6) is 2.06. The first-order chi connectivity index (χ1) is 12.3. The van der Waals surface area contributed by atoms with Crippen LogP contribution in [0.5, 0.6) is 0 Å². The molecule has 0 saturated heterocycles. The summed E-state index contributed by atoms with van der Waals surface area (Å²) >= 11 is 1.55. The quantitative estimate of drug-likeness (QED) is 0.566. The monoisotopic (exact) mass is 353 g/mol. The minimum Gasteiger partial charge on any atom is -0.316 e. The van der Waals surface area contributed by atoms with Crippen molar-refractivity contribution in [3.63, 3.8) is 0 Å². The predicted octanol–water partition coefficient (Wildman–Crippen LogP) is 4.52. The van der Waals surface area contributed by atoms with E-state index in [4.69, 9.17) is 9.97 Å². The second kappa shape index (κ2) is 7.16. The summed E-state index contributed by atoms with van der Waals surface area (Å²) in [6, 6.07) is 8.11. The number of nitrogens with zero attached hydrogens (tertiary/aromatic N) is 3. The van der Waals surface area contributed by atoms with Crippen LogP contribution in [0.1, 0.15) is 50.8 Å².